The smallest absolute Gasteiger partial charge is 0.310 e. The van der Waals surface area contributed by atoms with E-state index in [-0.39, 0.29) is 17.8 Å². The summed E-state index contributed by atoms with van der Waals surface area (Å²) in [4.78, 5) is 20.8. The molecule has 2 unspecified atom stereocenters. The Bertz CT molecular complexity index is 676. The molecule has 2 rings (SSSR count). The molecule has 1 aromatic carbocycles. The molecule has 0 aliphatic carbocycles. The van der Waals surface area contributed by atoms with Crippen molar-refractivity contribution in [3.05, 3.63) is 29.8 Å². The first-order chi connectivity index (χ1) is 14.0. The van der Waals surface area contributed by atoms with Gasteiger partial charge in [-0.1, -0.05) is 39.0 Å². The maximum atomic E-state index is 12.0. The summed E-state index contributed by atoms with van der Waals surface area (Å²) in [7, 11) is 3.22. The second kappa shape index (κ2) is 11.7. The van der Waals surface area contributed by atoms with Crippen molar-refractivity contribution in [1.82, 2.24) is 15.1 Å². The molecule has 162 valence electrons. The highest BCUT2D eigenvalue weighted by molar-refractivity contribution is 5.82. The topological polar surface area (TPSA) is 66.4 Å². The number of esters is 1. The fourth-order valence-electron chi connectivity index (χ4n) is 3.72. The Kier molecular flexibility index (Phi) is 9.25. The van der Waals surface area contributed by atoms with E-state index in [1.54, 1.807) is 7.05 Å². The number of benzene rings is 1. The Morgan fingerprint density at radius 1 is 1.28 bits per heavy atom. The molecule has 1 aromatic rings. The van der Waals surface area contributed by atoms with Gasteiger partial charge in [0.2, 0.25) is 0 Å². The fourth-order valence-corrected chi connectivity index (χ4v) is 3.72. The molecule has 7 heteroatoms. The summed E-state index contributed by atoms with van der Waals surface area (Å²) in [6, 6.07) is 8.08. The normalized spacial score (nSPS) is 19.5. The van der Waals surface area contributed by atoms with E-state index >= 15 is 0 Å². The molecule has 29 heavy (non-hydrogen) atoms. The Morgan fingerprint density at radius 2 is 2.00 bits per heavy atom. The van der Waals surface area contributed by atoms with Crippen LogP contribution in [0.2, 0.25) is 0 Å². The van der Waals surface area contributed by atoms with Gasteiger partial charge in [0.1, 0.15) is 12.4 Å². The third-order valence-corrected chi connectivity index (χ3v) is 5.60. The van der Waals surface area contributed by atoms with Gasteiger partial charge in [-0.2, -0.15) is 0 Å². The molecule has 1 N–H and O–H groups in total. The van der Waals surface area contributed by atoms with Crippen LogP contribution in [-0.4, -0.2) is 75.2 Å². The minimum Gasteiger partial charge on any atom is -0.492 e. The minimum atomic E-state index is -0.151. The summed E-state index contributed by atoms with van der Waals surface area (Å²) in [5.74, 6) is 1.65. The fraction of sp³-hybridized carbons (Fsp3) is 0.636. The van der Waals surface area contributed by atoms with Gasteiger partial charge in [-0.25, -0.2) is 0 Å². The number of hydrogen-bond donors (Lipinski definition) is 1. The summed E-state index contributed by atoms with van der Waals surface area (Å²) in [5, 5.41) is 3.42. The number of methoxy groups -OCH3 is 1. The van der Waals surface area contributed by atoms with E-state index in [1.165, 1.54) is 7.11 Å². The Labute approximate surface area is 175 Å². The number of aliphatic imine (C=N–C) groups is 1. The lowest BCUT2D eigenvalue weighted by Gasteiger charge is -2.22. The minimum absolute atomic E-state index is 0.116. The van der Waals surface area contributed by atoms with Gasteiger partial charge in [0.15, 0.2) is 5.96 Å². The van der Waals surface area contributed by atoms with Crippen molar-refractivity contribution < 1.29 is 14.3 Å². The number of nitrogens with zero attached hydrogens (tertiary/aromatic N) is 3. The van der Waals surface area contributed by atoms with Crippen molar-refractivity contribution in [3.63, 3.8) is 0 Å². The van der Waals surface area contributed by atoms with Crippen LogP contribution in [0, 0.1) is 11.8 Å². The van der Waals surface area contributed by atoms with Crippen LogP contribution < -0.4 is 10.1 Å². The first-order valence-corrected chi connectivity index (χ1v) is 10.5. The highest BCUT2D eigenvalue weighted by Crippen LogP contribution is 2.24. The molecule has 0 amide bonds. The molecule has 1 aliphatic rings. The number of carbonyl (C=O) groups is 1. The summed E-state index contributed by atoms with van der Waals surface area (Å²) in [6.07, 6.45) is 0. The number of guanidine groups is 1. The number of carbonyl (C=O) groups excluding carboxylic acids is 1. The molecule has 0 bridgehead atoms. The van der Waals surface area contributed by atoms with Gasteiger partial charge in [0, 0.05) is 38.8 Å². The molecular formula is C22H36N4O3. The van der Waals surface area contributed by atoms with Crippen molar-refractivity contribution in [3.8, 4) is 5.75 Å². The van der Waals surface area contributed by atoms with E-state index in [0.29, 0.717) is 19.7 Å². The molecule has 0 radical (unpaired) electrons. The number of likely N-dealkylation sites (N-methyl/N-ethyl adjacent to an activating group) is 1. The largest absolute Gasteiger partial charge is 0.492 e. The van der Waals surface area contributed by atoms with Gasteiger partial charge in [-0.3, -0.25) is 9.79 Å². The highest BCUT2D eigenvalue weighted by Gasteiger charge is 2.36. The predicted molar refractivity (Wildman–Crippen MR) is 116 cm³/mol. The van der Waals surface area contributed by atoms with Crippen LogP contribution in [0.5, 0.6) is 5.75 Å². The Hall–Kier alpha value is -2.28. The number of hydrogen-bond acceptors (Lipinski definition) is 5. The lowest BCUT2D eigenvalue weighted by Crippen LogP contribution is -2.40. The van der Waals surface area contributed by atoms with Crippen LogP contribution in [0.25, 0.3) is 0 Å². The molecular weight excluding hydrogens is 368 g/mol. The standard InChI is InChI=1S/C22H36N4O3/c1-6-25(7-2)12-13-29-20-11-9-8-10-18(20)14-24-22(23-4)26-15-17(3)19(16-26)21(27)28-5/h8-11,17,19H,6-7,12-16H2,1-5H3,(H,23,24). The van der Waals surface area contributed by atoms with Gasteiger partial charge in [-0.15, -0.1) is 0 Å². The lowest BCUT2D eigenvalue weighted by atomic mass is 9.99. The summed E-state index contributed by atoms with van der Waals surface area (Å²) < 4.78 is 11.0. The molecule has 0 spiro atoms. The third-order valence-electron chi connectivity index (χ3n) is 5.60. The average molecular weight is 405 g/mol. The van der Waals surface area contributed by atoms with Gasteiger partial charge < -0.3 is 24.6 Å². The average Bonchev–Trinajstić information content (AvgIpc) is 3.13. The van der Waals surface area contributed by atoms with E-state index < -0.39 is 0 Å². The summed E-state index contributed by atoms with van der Waals surface area (Å²) in [5.41, 5.74) is 1.09. The first kappa shape index (κ1) is 23.0. The van der Waals surface area contributed by atoms with Crippen LogP contribution in [0.3, 0.4) is 0 Å². The van der Waals surface area contributed by atoms with Gasteiger partial charge in [0.25, 0.3) is 0 Å². The van der Waals surface area contributed by atoms with Crippen molar-refractivity contribution in [1.29, 1.82) is 0 Å². The van der Waals surface area contributed by atoms with Gasteiger partial charge in [-0.05, 0) is 25.1 Å². The zero-order valence-electron chi connectivity index (χ0n) is 18.5. The number of likely N-dealkylation sites (tertiary alicyclic amines) is 1. The summed E-state index contributed by atoms with van der Waals surface area (Å²) >= 11 is 0. The van der Waals surface area contributed by atoms with E-state index in [4.69, 9.17) is 9.47 Å². The molecule has 2 atom stereocenters. The number of rotatable bonds is 9. The maximum absolute atomic E-state index is 12.0. The second-order valence-electron chi connectivity index (χ2n) is 7.40. The van der Waals surface area contributed by atoms with Gasteiger partial charge in [0.05, 0.1) is 13.0 Å². The maximum Gasteiger partial charge on any atom is 0.310 e. The van der Waals surface area contributed by atoms with Crippen LogP contribution in [0.1, 0.15) is 26.3 Å². The molecule has 7 nitrogen and oxygen atoms in total. The molecule has 1 aliphatic heterocycles. The SMILES string of the molecule is CCN(CC)CCOc1ccccc1CNC(=NC)N1CC(C)C(C(=O)OC)C1. The molecule has 1 fully saturated rings. The van der Waals surface area contributed by atoms with E-state index in [1.807, 2.05) is 18.2 Å². The zero-order chi connectivity index (χ0) is 21.2. The Balaban J connectivity index is 1.94. The van der Waals surface area contributed by atoms with E-state index in [0.717, 1.165) is 43.5 Å². The highest BCUT2D eigenvalue weighted by atomic mass is 16.5. The van der Waals surface area contributed by atoms with E-state index in [9.17, 15) is 4.79 Å². The van der Waals surface area contributed by atoms with Crippen molar-refractivity contribution in [2.75, 3.05) is 53.5 Å². The lowest BCUT2D eigenvalue weighted by molar-refractivity contribution is -0.145. The molecule has 1 heterocycles. The quantitative estimate of drug-likeness (QED) is 0.387. The van der Waals surface area contributed by atoms with Crippen LogP contribution in [0.15, 0.2) is 29.3 Å². The predicted octanol–water partition coefficient (Wildman–Crippen LogP) is 2.22. The van der Waals surface area contributed by atoms with Crippen LogP contribution >= 0.6 is 0 Å². The molecule has 1 saturated heterocycles. The zero-order valence-corrected chi connectivity index (χ0v) is 18.5. The number of para-hydroxylation sites is 1. The second-order valence-corrected chi connectivity index (χ2v) is 7.40. The van der Waals surface area contributed by atoms with Crippen molar-refractivity contribution in [2.45, 2.75) is 27.3 Å². The Morgan fingerprint density at radius 3 is 2.66 bits per heavy atom. The van der Waals surface area contributed by atoms with Crippen molar-refractivity contribution >= 4 is 11.9 Å². The van der Waals surface area contributed by atoms with Crippen LogP contribution in [-0.2, 0) is 16.1 Å². The van der Waals surface area contributed by atoms with E-state index in [2.05, 4.69) is 46.9 Å². The monoisotopic (exact) mass is 404 g/mol. The van der Waals surface area contributed by atoms with Crippen molar-refractivity contribution in [2.24, 2.45) is 16.8 Å². The molecule has 0 aromatic heterocycles. The number of nitrogens with one attached hydrogen (secondary N) is 1. The first-order valence-electron chi connectivity index (χ1n) is 10.5. The molecule has 0 saturated carbocycles. The van der Waals surface area contributed by atoms with Crippen LogP contribution in [0.4, 0.5) is 0 Å². The number of ether oxygens (including phenoxy) is 2. The third kappa shape index (κ3) is 6.35. The summed E-state index contributed by atoms with van der Waals surface area (Å²) in [6.45, 7) is 12.1. The van der Waals surface area contributed by atoms with Gasteiger partial charge >= 0.3 is 5.97 Å².